The van der Waals surface area contributed by atoms with Crippen molar-refractivity contribution in [3.63, 3.8) is 0 Å². The van der Waals surface area contributed by atoms with Crippen LogP contribution in [0.5, 0.6) is 5.75 Å². The fraction of sp³-hybridized carbons (Fsp3) is 0.435. The first-order valence-corrected chi connectivity index (χ1v) is 12.8. The molecule has 1 atom stereocenters. The predicted octanol–water partition coefficient (Wildman–Crippen LogP) is 3.85. The number of nitrogens with zero attached hydrogens (tertiary/aromatic N) is 2. The van der Waals surface area contributed by atoms with Crippen molar-refractivity contribution in [2.24, 2.45) is 0 Å². The van der Waals surface area contributed by atoms with Crippen molar-refractivity contribution < 1.29 is 17.9 Å². The maximum atomic E-state index is 13.2. The largest absolute Gasteiger partial charge is 0.494 e. The van der Waals surface area contributed by atoms with Gasteiger partial charge in [0.2, 0.25) is 0 Å². The number of halogens is 1. The SMILES string of the molecule is CCOc1ccc(NS(=O)(=O)c2ccc(Cl)c(C(=O)N3CCC(N4CCCC4)C3)c2)cc1. The minimum absolute atomic E-state index is 0.00516. The average Bonchev–Trinajstić information content (AvgIpc) is 3.47. The Bertz CT molecular complexity index is 1070. The monoisotopic (exact) mass is 477 g/mol. The summed E-state index contributed by atoms with van der Waals surface area (Å²) in [5.41, 5.74) is 0.618. The van der Waals surface area contributed by atoms with Gasteiger partial charge in [-0.25, -0.2) is 8.42 Å². The highest BCUT2D eigenvalue weighted by Gasteiger charge is 2.33. The van der Waals surface area contributed by atoms with E-state index in [0.29, 0.717) is 37.2 Å². The summed E-state index contributed by atoms with van der Waals surface area (Å²) in [6, 6.07) is 11.3. The minimum Gasteiger partial charge on any atom is -0.494 e. The molecule has 2 aromatic carbocycles. The molecule has 0 radical (unpaired) electrons. The van der Waals surface area contributed by atoms with Crippen molar-refractivity contribution in [1.29, 1.82) is 0 Å². The van der Waals surface area contributed by atoms with Crippen LogP contribution in [0.2, 0.25) is 5.02 Å². The average molecular weight is 478 g/mol. The van der Waals surface area contributed by atoms with Crippen molar-refractivity contribution in [3.05, 3.63) is 53.1 Å². The first-order chi connectivity index (χ1) is 15.4. The van der Waals surface area contributed by atoms with E-state index >= 15 is 0 Å². The first-order valence-electron chi connectivity index (χ1n) is 11.0. The topological polar surface area (TPSA) is 78.9 Å². The molecule has 4 rings (SSSR count). The molecule has 2 aromatic rings. The van der Waals surface area contributed by atoms with Gasteiger partial charge in [0.15, 0.2) is 0 Å². The zero-order valence-corrected chi connectivity index (χ0v) is 19.7. The molecule has 172 valence electrons. The molecule has 0 bridgehead atoms. The van der Waals surface area contributed by atoms with Crippen molar-refractivity contribution in [2.75, 3.05) is 37.5 Å². The number of ether oxygens (including phenoxy) is 1. The van der Waals surface area contributed by atoms with Crippen molar-refractivity contribution in [2.45, 2.75) is 37.1 Å². The van der Waals surface area contributed by atoms with E-state index in [9.17, 15) is 13.2 Å². The Morgan fingerprint density at radius 1 is 1.12 bits per heavy atom. The van der Waals surface area contributed by atoms with Crippen LogP contribution in [0.4, 0.5) is 5.69 Å². The van der Waals surface area contributed by atoms with E-state index in [1.165, 1.54) is 31.0 Å². The van der Waals surface area contributed by atoms with Gasteiger partial charge in [0.1, 0.15) is 5.75 Å². The van der Waals surface area contributed by atoms with E-state index in [0.717, 1.165) is 19.5 Å². The first kappa shape index (κ1) is 22.9. The molecular weight excluding hydrogens is 450 g/mol. The van der Waals surface area contributed by atoms with Crippen LogP contribution < -0.4 is 9.46 Å². The highest BCUT2D eigenvalue weighted by Crippen LogP contribution is 2.27. The molecule has 7 nitrogen and oxygen atoms in total. The molecule has 2 saturated heterocycles. The number of likely N-dealkylation sites (tertiary alicyclic amines) is 2. The Labute approximate surface area is 194 Å². The zero-order valence-electron chi connectivity index (χ0n) is 18.1. The molecule has 9 heteroatoms. The van der Waals surface area contributed by atoms with Gasteiger partial charge in [-0.05, 0) is 81.7 Å². The predicted molar refractivity (Wildman–Crippen MR) is 125 cm³/mol. The third-order valence-corrected chi connectivity index (χ3v) is 7.71. The molecule has 1 unspecified atom stereocenters. The normalized spacial score (nSPS) is 19.3. The Kier molecular flexibility index (Phi) is 6.93. The summed E-state index contributed by atoms with van der Waals surface area (Å²) in [6.07, 6.45) is 3.34. The van der Waals surface area contributed by atoms with E-state index < -0.39 is 10.0 Å². The lowest BCUT2D eigenvalue weighted by Gasteiger charge is -2.24. The molecule has 2 aliphatic rings. The second kappa shape index (κ2) is 9.68. The second-order valence-electron chi connectivity index (χ2n) is 8.14. The van der Waals surface area contributed by atoms with Crippen molar-refractivity contribution in [3.8, 4) is 5.75 Å². The van der Waals surface area contributed by atoms with Crippen molar-refractivity contribution >= 4 is 33.2 Å². The fourth-order valence-electron chi connectivity index (χ4n) is 4.34. The number of carbonyl (C=O) groups is 1. The molecule has 1 N–H and O–H groups in total. The highest BCUT2D eigenvalue weighted by molar-refractivity contribution is 7.92. The van der Waals surface area contributed by atoms with Crippen LogP contribution in [0.3, 0.4) is 0 Å². The highest BCUT2D eigenvalue weighted by atomic mass is 35.5. The van der Waals surface area contributed by atoms with E-state index in [-0.39, 0.29) is 21.4 Å². The van der Waals surface area contributed by atoms with Crippen LogP contribution >= 0.6 is 11.6 Å². The number of hydrogen-bond donors (Lipinski definition) is 1. The number of rotatable bonds is 7. The Balaban J connectivity index is 1.49. The summed E-state index contributed by atoms with van der Waals surface area (Å²) in [5.74, 6) is 0.433. The van der Waals surface area contributed by atoms with E-state index in [2.05, 4.69) is 9.62 Å². The van der Waals surface area contributed by atoms with Gasteiger partial charge in [0, 0.05) is 24.8 Å². The van der Waals surface area contributed by atoms with Gasteiger partial charge in [-0.3, -0.25) is 14.4 Å². The Morgan fingerprint density at radius 3 is 2.53 bits per heavy atom. The van der Waals surface area contributed by atoms with E-state index in [4.69, 9.17) is 16.3 Å². The number of sulfonamides is 1. The molecular formula is C23H28ClN3O4S. The molecule has 1 amide bonds. The van der Waals surface area contributed by atoms with Crippen LogP contribution in [0.1, 0.15) is 36.5 Å². The fourth-order valence-corrected chi connectivity index (χ4v) is 5.62. The number of anilines is 1. The second-order valence-corrected chi connectivity index (χ2v) is 10.2. The molecule has 0 saturated carbocycles. The molecule has 2 aliphatic heterocycles. The van der Waals surface area contributed by atoms with Crippen LogP contribution in [0.15, 0.2) is 47.4 Å². The number of carbonyl (C=O) groups excluding carboxylic acids is 1. The minimum atomic E-state index is -3.89. The Morgan fingerprint density at radius 2 is 1.84 bits per heavy atom. The lowest BCUT2D eigenvalue weighted by molar-refractivity contribution is 0.0780. The summed E-state index contributed by atoms with van der Waals surface area (Å²) < 4.78 is 33.8. The summed E-state index contributed by atoms with van der Waals surface area (Å²) >= 11 is 6.30. The summed E-state index contributed by atoms with van der Waals surface area (Å²) in [7, 11) is -3.89. The maximum absolute atomic E-state index is 13.2. The zero-order chi connectivity index (χ0) is 22.7. The van der Waals surface area contributed by atoms with Crippen LogP contribution in [-0.2, 0) is 10.0 Å². The van der Waals surface area contributed by atoms with Crippen molar-refractivity contribution in [1.82, 2.24) is 9.80 Å². The molecule has 0 spiro atoms. The van der Waals surface area contributed by atoms with Crippen LogP contribution in [0.25, 0.3) is 0 Å². The van der Waals surface area contributed by atoms with Gasteiger partial charge >= 0.3 is 0 Å². The van der Waals surface area contributed by atoms with E-state index in [1.807, 2.05) is 6.92 Å². The van der Waals surface area contributed by atoms with Gasteiger partial charge in [-0.15, -0.1) is 0 Å². The summed E-state index contributed by atoms with van der Waals surface area (Å²) in [5, 5.41) is 0.250. The lowest BCUT2D eigenvalue weighted by atomic mass is 10.2. The smallest absolute Gasteiger partial charge is 0.261 e. The molecule has 2 heterocycles. The number of nitrogens with one attached hydrogen (secondary N) is 1. The Hall–Kier alpha value is -2.29. The van der Waals surface area contributed by atoms with Gasteiger partial charge in [-0.2, -0.15) is 0 Å². The molecule has 0 aliphatic carbocycles. The van der Waals surface area contributed by atoms with E-state index in [1.54, 1.807) is 29.2 Å². The van der Waals surface area contributed by atoms with Gasteiger partial charge < -0.3 is 9.64 Å². The summed E-state index contributed by atoms with van der Waals surface area (Å²) in [6.45, 7) is 5.87. The third-order valence-electron chi connectivity index (χ3n) is 6.00. The lowest BCUT2D eigenvalue weighted by Crippen LogP contribution is -2.37. The summed E-state index contributed by atoms with van der Waals surface area (Å²) in [4.78, 5) is 17.4. The van der Waals surface area contributed by atoms with Crippen LogP contribution in [-0.4, -0.2) is 63.0 Å². The quantitative estimate of drug-likeness (QED) is 0.655. The number of amides is 1. The number of hydrogen-bond acceptors (Lipinski definition) is 5. The molecule has 32 heavy (non-hydrogen) atoms. The number of benzene rings is 2. The van der Waals surface area contributed by atoms with Gasteiger partial charge in [-0.1, -0.05) is 11.6 Å². The molecule has 0 aromatic heterocycles. The van der Waals surface area contributed by atoms with Crippen LogP contribution in [0, 0.1) is 0 Å². The maximum Gasteiger partial charge on any atom is 0.261 e. The van der Waals surface area contributed by atoms with Gasteiger partial charge in [0.05, 0.1) is 22.1 Å². The van der Waals surface area contributed by atoms with Gasteiger partial charge in [0.25, 0.3) is 15.9 Å². The molecule has 2 fully saturated rings. The standard InChI is InChI=1S/C23H28ClN3O4S/c1-2-31-19-7-5-17(6-8-19)25-32(29,30)20-9-10-22(24)21(15-20)23(28)27-14-11-18(16-27)26-12-3-4-13-26/h5-10,15,18,25H,2-4,11-14,16H2,1H3. The third kappa shape index (κ3) is 5.03.